The summed E-state index contributed by atoms with van der Waals surface area (Å²) in [5.74, 6) is 0.593. The van der Waals surface area contributed by atoms with E-state index >= 15 is 0 Å². The summed E-state index contributed by atoms with van der Waals surface area (Å²) in [6.07, 6.45) is 0. The van der Waals surface area contributed by atoms with Crippen LogP contribution >= 0.6 is 11.6 Å². The first kappa shape index (κ1) is 13.5. The molecule has 2 aromatic carbocycles. The van der Waals surface area contributed by atoms with E-state index in [1.807, 2.05) is 0 Å². The number of hydrogen-bond donors (Lipinski definition) is 1. The Kier molecular flexibility index (Phi) is 4.12. The van der Waals surface area contributed by atoms with E-state index in [9.17, 15) is 4.39 Å². The van der Waals surface area contributed by atoms with Crippen molar-refractivity contribution in [2.75, 3.05) is 12.8 Å². The SMILES string of the molecule is COc1cccc(F)c1COc1ccc(Cl)c(N)c1. The van der Waals surface area contributed by atoms with Crippen LogP contribution in [0.1, 0.15) is 5.56 Å². The van der Waals surface area contributed by atoms with Crippen LogP contribution in [0.4, 0.5) is 10.1 Å². The lowest BCUT2D eigenvalue weighted by atomic mass is 10.2. The number of ether oxygens (including phenoxy) is 2. The molecule has 0 aliphatic heterocycles. The third-order valence-corrected chi connectivity index (χ3v) is 2.99. The highest BCUT2D eigenvalue weighted by Crippen LogP contribution is 2.26. The van der Waals surface area contributed by atoms with Gasteiger partial charge in [-0.3, -0.25) is 0 Å². The lowest BCUT2D eigenvalue weighted by Crippen LogP contribution is -2.02. The molecular formula is C14H13ClFNO2. The van der Waals surface area contributed by atoms with Crippen molar-refractivity contribution < 1.29 is 13.9 Å². The zero-order valence-corrected chi connectivity index (χ0v) is 11.1. The van der Waals surface area contributed by atoms with Gasteiger partial charge >= 0.3 is 0 Å². The van der Waals surface area contributed by atoms with E-state index in [0.717, 1.165) is 0 Å². The largest absolute Gasteiger partial charge is 0.496 e. The summed E-state index contributed by atoms with van der Waals surface area (Å²) in [5, 5.41) is 0.454. The fourth-order valence-electron chi connectivity index (χ4n) is 1.64. The fraction of sp³-hybridized carbons (Fsp3) is 0.143. The topological polar surface area (TPSA) is 44.5 Å². The van der Waals surface area contributed by atoms with Crippen LogP contribution in [0.5, 0.6) is 11.5 Å². The molecule has 0 aromatic heterocycles. The molecule has 2 aromatic rings. The zero-order valence-electron chi connectivity index (χ0n) is 10.3. The van der Waals surface area contributed by atoms with Crippen LogP contribution in [0.2, 0.25) is 5.02 Å². The number of benzene rings is 2. The van der Waals surface area contributed by atoms with Gasteiger partial charge in [0.1, 0.15) is 23.9 Å². The van der Waals surface area contributed by atoms with Crippen molar-refractivity contribution in [2.45, 2.75) is 6.61 Å². The molecule has 5 heteroatoms. The molecule has 19 heavy (non-hydrogen) atoms. The summed E-state index contributed by atoms with van der Waals surface area (Å²) >= 11 is 5.81. The molecule has 2 N–H and O–H groups in total. The van der Waals surface area contributed by atoms with Gasteiger partial charge in [-0.1, -0.05) is 17.7 Å². The van der Waals surface area contributed by atoms with Crippen molar-refractivity contribution in [3.63, 3.8) is 0 Å². The van der Waals surface area contributed by atoms with Gasteiger partial charge in [-0.15, -0.1) is 0 Å². The number of rotatable bonds is 4. The number of halogens is 2. The lowest BCUT2D eigenvalue weighted by molar-refractivity contribution is 0.289. The molecule has 3 nitrogen and oxygen atoms in total. The van der Waals surface area contributed by atoms with Crippen molar-refractivity contribution in [1.82, 2.24) is 0 Å². The second-order valence-corrected chi connectivity index (χ2v) is 4.30. The summed E-state index contributed by atoms with van der Waals surface area (Å²) < 4.78 is 24.3. The van der Waals surface area contributed by atoms with Gasteiger partial charge < -0.3 is 15.2 Å². The second-order valence-electron chi connectivity index (χ2n) is 3.89. The summed E-state index contributed by atoms with van der Waals surface area (Å²) in [6.45, 7) is 0.0525. The van der Waals surface area contributed by atoms with Crippen LogP contribution in [0.15, 0.2) is 36.4 Å². The predicted molar refractivity (Wildman–Crippen MR) is 73.1 cm³/mol. The van der Waals surface area contributed by atoms with Gasteiger partial charge in [0.15, 0.2) is 0 Å². The maximum atomic E-state index is 13.7. The molecule has 0 aliphatic rings. The number of anilines is 1. The smallest absolute Gasteiger partial charge is 0.133 e. The molecule has 100 valence electrons. The van der Waals surface area contributed by atoms with Gasteiger partial charge in [0, 0.05) is 6.07 Å². The molecule has 0 radical (unpaired) electrons. The van der Waals surface area contributed by atoms with E-state index in [1.54, 1.807) is 30.3 Å². The van der Waals surface area contributed by atoms with E-state index in [2.05, 4.69) is 0 Å². The summed E-state index contributed by atoms with van der Waals surface area (Å²) in [7, 11) is 1.48. The van der Waals surface area contributed by atoms with E-state index in [1.165, 1.54) is 13.2 Å². The molecule has 0 bridgehead atoms. The number of nitrogen functional groups attached to an aromatic ring is 1. The molecule has 0 atom stereocenters. The van der Waals surface area contributed by atoms with Gasteiger partial charge in [-0.2, -0.15) is 0 Å². The van der Waals surface area contributed by atoms with Gasteiger partial charge in [0.2, 0.25) is 0 Å². The van der Waals surface area contributed by atoms with Crippen molar-refractivity contribution in [3.05, 3.63) is 52.8 Å². The number of hydrogen-bond acceptors (Lipinski definition) is 3. The minimum Gasteiger partial charge on any atom is -0.496 e. The Morgan fingerprint density at radius 2 is 2.05 bits per heavy atom. The highest BCUT2D eigenvalue weighted by Gasteiger charge is 2.10. The highest BCUT2D eigenvalue weighted by atomic mass is 35.5. The van der Waals surface area contributed by atoms with Crippen molar-refractivity contribution in [3.8, 4) is 11.5 Å². The maximum Gasteiger partial charge on any atom is 0.133 e. The van der Waals surface area contributed by atoms with Crippen LogP contribution in [0, 0.1) is 5.82 Å². The quantitative estimate of drug-likeness (QED) is 0.870. The molecule has 0 spiro atoms. The van der Waals surface area contributed by atoms with Gasteiger partial charge in [0.25, 0.3) is 0 Å². The second kappa shape index (κ2) is 5.80. The summed E-state index contributed by atoms with van der Waals surface area (Å²) in [6, 6.07) is 9.51. The van der Waals surface area contributed by atoms with Crippen molar-refractivity contribution >= 4 is 17.3 Å². The van der Waals surface area contributed by atoms with E-state index in [0.29, 0.717) is 27.8 Å². The number of methoxy groups -OCH3 is 1. The molecule has 2 rings (SSSR count). The first-order valence-electron chi connectivity index (χ1n) is 5.61. The van der Waals surface area contributed by atoms with E-state index in [-0.39, 0.29) is 12.4 Å². The average molecular weight is 282 g/mol. The molecule has 0 fully saturated rings. The van der Waals surface area contributed by atoms with E-state index < -0.39 is 0 Å². The van der Waals surface area contributed by atoms with Crippen LogP contribution in [0.25, 0.3) is 0 Å². The molecule has 0 heterocycles. The third kappa shape index (κ3) is 3.09. The van der Waals surface area contributed by atoms with E-state index in [4.69, 9.17) is 26.8 Å². The lowest BCUT2D eigenvalue weighted by Gasteiger charge is -2.11. The Morgan fingerprint density at radius 1 is 1.26 bits per heavy atom. The monoisotopic (exact) mass is 281 g/mol. The first-order valence-corrected chi connectivity index (χ1v) is 5.99. The zero-order chi connectivity index (χ0) is 13.8. The Morgan fingerprint density at radius 3 is 2.74 bits per heavy atom. The third-order valence-electron chi connectivity index (χ3n) is 2.65. The van der Waals surface area contributed by atoms with Gasteiger partial charge in [0.05, 0.1) is 23.4 Å². The van der Waals surface area contributed by atoms with Crippen LogP contribution in [0.3, 0.4) is 0 Å². The molecular weight excluding hydrogens is 269 g/mol. The number of nitrogens with two attached hydrogens (primary N) is 1. The standard InChI is InChI=1S/C14H13ClFNO2/c1-18-14-4-2-3-12(16)10(14)8-19-9-5-6-11(15)13(17)7-9/h2-7H,8,17H2,1H3. The Balaban J connectivity index is 2.16. The molecule has 0 saturated heterocycles. The first-order chi connectivity index (χ1) is 9.11. The van der Waals surface area contributed by atoms with Gasteiger partial charge in [-0.25, -0.2) is 4.39 Å². The van der Waals surface area contributed by atoms with Crippen molar-refractivity contribution in [1.29, 1.82) is 0 Å². The normalized spacial score (nSPS) is 10.3. The molecule has 0 amide bonds. The average Bonchev–Trinajstić information content (AvgIpc) is 2.41. The molecule has 0 unspecified atom stereocenters. The minimum atomic E-state index is -0.374. The van der Waals surface area contributed by atoms with Crippen molar-refractivity contribution in [2.24, 2.45) is 0 Å². The van der Waals surface area contributed by atoms with Crippen LogP contribution in [-0.4, -0.2) is 7.11 Å². The highest BCUT2D eigenvalue weighted by molar-refractivity contribution is 6.33. The Bertz CT molecular complexity index is 590. The Labute approximate surface area is 115 Å². The Hall–Kier alpha value is -1.94. The maximum absolute atomic E-state index is 13.7. The molecule has 0 saturated carbocycles. The predicted octanol–water partition coefficient (Wildman–Crippen LogP) is 3.65. The summed E-state index contributed by atoms with van der Waals surface area (Å²) in [4.78, 5) is 0. The minimum absolute atomic E-state index is 0.0525. The van der Waals surface area contributed by atoms with Gasteiger partial charge in [-0.05, 0) is 24.3 Å². The van der Waals surface area contributed by atoms with Crippen LogP contribution in [-0.2, 0) is 6.61 Å². The summed E-state index contributed by atoms with van der Waals surface area (Å²) in [5.41, 5.74) is 6.44. The molecule has 0 aliphatic carbocycles. The van der Waals surface area contributed by atoms with Crippen LogP contribution < -0.4 is 15.2 Å². The fourth-order valence-corrected chi connectivity index (χ4v) is 1.75.